The molecule has 0 fully saturated rings. The van der Waals surface area contributed by atoms with Gasteiger partial charge in [0.2, 0.25) is 0 Å². The van der Waals surface area contributed by atoms with Gasteiger partial charge in [0.1, 0.15) is 29.4 Å². The molecule has 1 atom stereocenters. The molecular formula is C20H18O5. The van der Waals surface area contributed by atoms with Crippen molar-refractivity contribution in [2.24, 2.45) is 0 Å². The first-order chi connectivity index (χ1) is 11.8. The summed E-state index contributed by atoms with van der Waals surface area (Å²) in [5, 5.41) is 20.1. The molecule has 0 amide bonds. The lowest BCUT2D eigenvalue weighted by atomic mass is 9.95. The zero-order chi connectivity index (χ0) is 17.8. The summed E-state index contributed by atoms with van der Waals surface area (Å²) in [4.78, 5) is 12.8. The van der Waals surface area contributed by atoms with Gasteiger partial charge in [0.05, 0.1) is 16.6 Å². The second-order valence-electron chi connectivity index (χ2n) is 6.95. The second-order valence-corrected chi connectivity index (χ2v) is 6.95. The molecule has 1 aromatic heterocycles. The maximum atomic E-state index is 12.8. The van der Waals surface area contributed by atoms with Crippen LogP contribution in [0.3, 0.4) is 0 Å². The van der Waals surface area contributed by atoms with Crippen molar-refractivity contribution in [2.75, 3.05) is 0 Å². The summed E-state index contributed by atoms with van der Waals surface area (Å²) in [5.41, 5.74) is 1.40. The summed E-state index contributed by atoms with van der Waals surface area (Å²) in [6.07, 6.45) is 1.68. The van der Waals surface area contributed by atoms with E-state index in [9.17, 15) is 15.0 Å². The fraction of sp³-hybridized carbons (Fsp3) is 0.250. The number of phenols is 1. The van der Waals surface area contributed by atoms with Crippen molar-refractivity contribution in [3.8, 4) is 22.6 Å². The Morgan fingerprint density at radius 1 is 1.16 bits per heavy atom. The highest BCUT2D eigenvalue weighted by atomic mass is 16.5. The van der Waals surface area contributed by atoms with Crippen LogP contribution < -0.4 is 10.2 Å². The van der Waals surface area contributed by atoms with Gasteiger partial charge in [-0.15, -0.1) is 0 Å². The van der Waals surface area contributed by atoms with Crippen molar-refractivity contribution in [1.82, 2.24) is 0 Å². The molecule has 25 heavy (non-hydrogen) atoms. The molecule has 3 aromatic rings. The molecule has 5 heteroatoms. The Bertz CT molecular complexity index is 1030. The van der Waals surface area contributed by atoms with E-state index in [1.54, 1.807) is 19.9 Å². The van der Waals surface area contributed by atoms with E-state index in [-0.39, 0.29) is 17.3 Å². The molecule has 1 unspecified atom stereocenters. The van der Waals surface area contributed by atoms with Crippen LogP contribution in [-0.2, 0) is 6.42 Å². The van der Waals surface area contributed by atoms with Crippen LogP contribution in [0, 0.1) is 0 Å². The Kier molecular flexibility index (Phi) is 3.37. The number of aliphatic hydroxyl groups is 1. The Morgan fingerprint density at radius 2 is 1.96 bits per heavy atom. The molecule has 0 aliphatic carbocycles. The second kappa shape index (κ2) is 5.36. The molecule has 0 bridgehead atoms. The predicted octanol–water partition coefficient (Wildman–Crippen LogP) is 3.24. The Morgan fingerprint density at radius 3 is 2.72 bits per heavy atom. The van der Waals surface area contributed by atoms with E-state index in [0.29, 0.717) is 23.0 Å². The molecule has 0 saturated heterocycles. The van der Waals surface area contributed by atoms with E-state index in [1.807, 2.05) is 18.2 Å². The van der Waals surface area contributed by atoms with Crippen LogP contribution in [0.25, 0.3) is 22.1 Å². The fourth-order valence-electron chi connectivity index (χ4n) is 3.13. The van der Waals surface area contributed by atoms with E-state index in [2.05, 4.69) is 0 Å². The van der Waals surface area contributed by atoms with Gasteiger partial charge in [-0.2, -0.15) is 0 Å². The van der Waals surface area contributed by atoms with E-state index in [0.717, 1.165) is 16.9 Å². The molecule has 2 aromatic carbocycles. The van der Waals surface area contributed by atoms with Gasteiger partial charge in [0.15, 0.2) is 5.43 Å². The molecule has 2 N–H and O–H groups in total. The average molecular weight is 338 g/mol. The average Bonchev–Trinajstić information content (AvgIpc) is 2.98. The smallest absolute Gasteiger partial charge is 0.200 e. The van der Waals surface area contributed by atoms with Gasteiger partial charge in [-0.25, -0.2) is 0 Å². The highest BCUT2D eigenvalue weighted by molar-refractivity contribution is 5.82. The maximum Gasteiger partial charge on any atom is 0.200 e. The van der Waals surface area contributed by atoms with E-state index >= 15 is 0 Å². The molecule has 5 nitrogen and oxygen atoms in total. The lowest BCUT2D eigenvalue weighted by Gasteiger charge is -2.24. The number of fused-ring (bicyclic) bond motifs is 2. The number of benzene rings is 2. The van der Waals surface area contributed by atoms with Crippen LogP contribution in [0.15, 0.2) is 51.9 Å². The minimum atomic E-state index is -0.941. The monoisotopic (exact) mass is 338 g/mol. The molecule has 0 saturated carbocycles. The van der Waals surface area contributed by atoms with Crippen LogP contribution in [0.2, 0.25) is 0 Å². The van der Waals surface area contributed by atoms with Crippen molar-refractivity contribution < 1.29 is 19.4 Å². The van der Waals surface area contributed by atoms with Crippen LogP contribution in [0.1, 0.15) is 19.4 Å². The van der Waals surface area contributed by atoms with E-state index < -0.39 is 5.60 Å². The molecule has 0 radical (unpaired) electrons. The van der Waals surface area contributed by atoms with Crippen LogP contribution >= 0.6 is 0 Å². The van der Waals surface area contributed by atoms with Gasteiger partial charge in [-0.1, -0.05) is 6.07 Å². The van der Waals surface area contributed by atoms with Gasteiger partial charge in [-0.3, -0.25) is 4.79 Å². The number of rotatable bonds is 2. The number of hydrogen-bond acceptors (Lipinski definition) is 5. The first-order valence-electron chi connectivity index (χ1n) is 8.10. The van der Waals surface area contributed by atoms with Gasteiger partial charge in [0, 0.05) is 12.5 Å². The predicted molar refractivity (Wildman–Crippen MR) is 94.0 cm³/mol. The summed E-state index contributed by atoms with van der Waals surface area (Å²) in [6, 6.07) is 9.97. The van der Waals surface area contributed by atoms with Gasteiger partial charge >= 0.3 is 0 Å². The minimum absolute atomic E-state index is 0.0516. The zero-order valence-corrected chi connectivity index (χ0v) is 13.9. The molecule has 0 spiro atoms. The number of phenolic OH excluding ortho intramolecular Hbond substituents is 1. The quantitative estimate of drug-likeness (QED) is 0.750. The highest BCUT2D eigenvalue weighted by Gasteiger charge is 2.34. The van der Waals surface area contributed by atoms with Crippen molar-refractivity contribution in [3.63, 3.8) is 0 Å². The summed E-state index contributed by atoms with van der Waals surface area (Å²) < 4.78 is 11.3. The molecule has 2 heterocycles. The summed E-state index contributed by atoms with van der Waals surface area (Å²) in [6.45, 7) is 3.44. The van der Waals surface area contributed by atoms with Crippen molar-refractivity contribution in [2.45, 2.75) is 32.0 Å². The fourth-order valence-corrected chi connectivity index (χ4v) is 3.13. The Hall–Kier alpha value is -2.79. The summed E-state index contributed by atoms with van der Waals surface area (Å²) >= 11 is 0. The third kappa shape index (κ3) is 2.66. The standard InChI is InChI=1S/C20H18O5/c1-20(2,23)18-8-12-7-11(3-6-16(12)25-18)15-10-24-17-9-13(21)4-5-14(17)19(15)22/h3-7,9-10,18,21,23H,8H2,1-2H3. The van der Waals surface area contributed by atoms with E-state index in [4.69, 9.17) is 9.15 Å². The maximum absolute atomic E-state index is 12.8. The first kappa shape index (κ1) is 15.7. The van der Waals surface area contributed by atoms with Crippen LogP contribution in [0.5, 0.6) is 11.5 Å². The molecule has 1 aliphatic heterocycles. The lowest BCUT2D eigenvalue weighted by Crippen LogP contribution is -2.39. The molecule has 4 rings (SSSR count). The Balaban J connectivity index is 1.78. The normalized spacial score (nSPS) is 16.7. The molecule has 1 aliphatic rings. The summed E-state index contributed by atoms with van der Waals surface area (Å²) in [7, 11) is 0. The van der Waals surface area contributed by atoms with E-state index in [1.165, 1.54) is 18.4 Å². The van der Waals surface area contributed by atoms with Gasteiger partial charge in [0.25, 0.3) is 0 Å². The lowest BCUT2D eigenvalue weighted by molar-refractivity contribution is -0.0229. The van der Waals surface area contributed by atoms with Gasteiger partial charge < -0.3 is 19.4 Å². The number of ether oxygens (including phenoxy) is 1. The third-order valence-corrected chi connectivity index (χ3v) is 4.59. The first-order valence-corrected chi connectivity index (χ1v) is 8.10. The molecular weight excluding hydrogens is 320 g/mol. The highest BCUT2D eigenvalue weighted by Crippen LogP contribution is 2.35. The van der Waals surface area contributed by atoms with Crippen LogP contribution in [-0.4, -0.2) is 21.9 Å². The van der Waals surface area contributed by atoms with Crippen molar-refractivity contribution in [1.29, 1.82) is 0 Å². The number of hydrogen-bond donors (Lipinski definition) is 2. The van der Waals surface area contributed by atoms with Crippen molar-refractivity contribution in [3.05, 3.63) is 58.4 Å². The number of aromatic hydroxyl groups is 1. The van der Waals surface area contributed by atoms with Gasteiger partial charge in [-0.05, 0) is 49.2 Å². The third-order valence-electron chi connectivity index (χ3n) is 4.59. The SMILES string of the molecule is CC(C)(O)C1Cc2cc(-c3coc4cc(O)ccc4c3=O)ccc2O1. The van der Waals surface area contributed by atoms with Crippen LogP contribution in [0.4, 0.5) is 0 Å². The minimum Gasteiger partial charge on any atom is -0.508 e. The molecule has 128 valence electrons. The Labute approximate surface area is 144 Å². The van der Waals surface area contributed by atoms with Crippen molar-refractivity contribution >= 4 is 11.0 Å². The summed E-state index contributed by atoms with van der Waals surface area (Å²) in [5.74, 6) is 0.779. The zero-order valence-electron chi connectivity index (χ0n) is 13.9. The largest absolute Gasteiger partial charge is 0.508 e. The topological polar surface area (TPSA) is 79.9 Å².